The van der Waals surface area contributed by atoms with Gasteiger partial charge < -0.3 is 5.73 Å². The van der Waals surface area contributed by atoms with Crippen molar-refractivity contribution >= 4 is 9.84 Å². The second kappa shape index (κ2) is 5.52. The highest BCUT2D eigenvalue weighted by Gasteiger charge is 2.53. The minimum absolute atomic E-state index is 0.136. The van der Waals surface area contributed by atoms with E-state index < -0.39 is 9.84 Å². The maximum atomic E-state index is 12.4. The van der Waals surface area contributed by atoms with Gasteiger partial charge in [0, 0.05) is 6.04 Å². The van der Waals surface area contributed by atoms with E-state index in [1.54, 1.807) is 0 Å². The first-order chi connectivity index (χ1) is 9.78. The summed E-state index contributed by atoms with van der Waals surface area (Å²) in [4.78, 5) is 0. The van der Waals surface area contributed by atoms with Crippen molar-refractivity contribution in [2.75, 3.05) is 11.5 Å². The van der Waals surface area contributed by atoms with Crippen molar-refractivity contribution in [2.24, 2.45) is 34.8 Å². The molecule has 0 heterocycles. The lowest BCUT2D eigenvalue weighted by molar-refractivity contribution is -0.0632. The highest BCUT2D eigenvalue weighted by atomic mass is 32.2. The van der Waals surface area contributed by atoms with E-state index in [-0.39, 0.29) is 17.2 Å². The van der Waals surface area contributed by atoms with E-state index in [0.717, 1.165) is 24.2 Å². The molecule has 0 aliphatic heterocycles. The quantitative estimate of drug-likeness (QED) is 0.820. The third-order valence-corrected chi connectivity index (χ3v) is 8.04. The molecule has 4 rings (SSSR count). The Morgan fingerprint density at radius 3 is 1.95 bits per heavy atom. The van der Waals surface area contributed by atoms with Crippen molar-refractivity contribution in [3.05, 3.63) is 0 Å². The van der Waals surface area contributed by atoms with Crippen molar-refractivity contribution in [3.63, 3.8) is 0 Å². The van der Waals surface area contributed by atoms with Crippen molar-refractivity contribution in [3.8, 4) is 0 Å². The average molecular weight is 314 g/mol. The van der Waals surface area contributed by atoms with Crippen LogP contribution in [0, 0.1) is 29.1 Å². The van der Waals surface area contributed by atoms with Crippen LogP contribution in [0.3, 0.4) is 0 Å². The molecule has 0 amide bonds. The van der Waals surface area contributed by atoms with Gasteiger partial charge in [0.15, 0.2) is 9.84 Å². The Hall–Kier alpha value is -0.0900. The molecule has 4 aliphatic carbocycles. The van der Waals surface area contributed by atoms with Crippen LogP contribution in [0.1, 0.15) is 58.8 Å². The summed E-state index contributed by atoms with van der Waals surface area (Å²) in [5.74, 6) is 3.47. The van der Waals surface area contributed by atoms with Crippen LogP contribution in [0.25, 0.3) is 0 Å². The molecule has 4 aliphatic rings. The zero-order valence-corrected chi connectivity index (χ0v) is 14.4. The van der Waals surface area contributed by atoms with E-state index in [9.17, 15) is 8.42 Å². The first-order valence-corrected chi connectivity index (χ1v) is 10.6. The summed E-state index contributed by atoms with van der Waals surface area (Å²) in [6, 6.07) is -0.136. The first kappa shape index (κ1) is 15.8. The van der Waals surface area contributed by atoms with E-state index in [2.05, 4.69) is 13.8 Å². The summed E-state index contributed by atoms with van der Waals surface area (Å²) in [6.07, 6.45) is 8.49. The fraction of sp³-hybridized carbons (Fsp3) is 1.00. The molecule has 0 aromatic heterocycles. The largest absolute Gasteiger partial charge is 0.326 e. The molecule has 4 heteroatoms. The van der Waals surface area contributed by atoms with Crippen LogP contribution < -0.4 is 5.73 Å². The maximum absolute atomic E-state index is 12.4. The van der Waals surface area contributed by atoms with Crippen LogP contribution in [-0.4, -0.2) is 26.0 Å². The van der Waals surface area contributed by atoms with Crippen LogP contribution in [0.2, 0.25) is 0 Å². The molecule has 0 spiro atoms. The third-order valence-electron chi connectivity index (χ3n) is 6.31. The Morgan fingerprint density at radius 2 is 1.52 bits per heavy atom. The van der Waals surface area contributed by atoms with Gasteiger partial charge in [-0.1, -0.05) is 13.8 Å². The number of nitrogens with two attached hydrogens (primary N) is 1. The number of sulfone groups is 1. The monoisotopic (exact) mass is 313 g/mol. The summed E-state index contributed by atoms with van der Waals surface area (Å²) in [5, 5.41) is 0. The summed E-state index contributed by atoms with van der Waals surface area (Å²) in [7, 11) is -2.99. The molecule has 21 heavy (non-hydrogen) atoms. The molecule has 0 aromatic carbocycles. The van der Waals surface area contributed by atoms with Gasteiger partial charge in [-0.2, -0.15) is 0 Å². The molecule has 0 saturated heterocycles. The van der Waals surface area contributed by atoms with Crippen LogP contribution in [0.15, 0.2) is 0 Å². The van der Waals surface area contributed by atoms with Gasteiger partial charge in [-0.25, -0.2) is 8.42 Å². The Balaban J connectivity index is 1.66. The van der Waals surface area contributed by atoms with Gasteiger partial charge in [-0.3, -0.25) is 0 Å². The summed E-state index contributed by atoms with van der Waals surface area (Å²) >= 11 is 0. The lowest BCUT2D eigenvalue weighted by Crippen LogP contribution is -2.56. The molecule has 0 aromatic rings. The Bertz CT molecular complexity index is 448. The van der Waals surface area contributed by atoms with Gasteiger partial charge in [0.05, 0.1) is 11.5 Å². The van der Waals surface area contributed by atoms with Crippen molar-refractivity contribution in [1.82, 2.24) is 0 Å². The Kier molecular flexibility index (Phi) is 4.15. The molecular weight excluding hydrogens is 282 g/mol. The summed E-state index contributed by atoms with van der Waals surface area (Å²) in [6.45, 7) is 4.16. The van der Waals surface area contributed by atoms with Crippen LogP contribution in [0.5, 0.6) is 0 Å². The average Bonchev–Trinajstić information content (AvgIpc) is 2.34. The van der Waals surface area contributed by atoms with Crippen LogP contribution in [-0.2, 0) is 9.84 Å². The molecule has 0 radical (unpaired) electrons. The second-order valence-electron chi connectivity index (χ2n) is 8.68. The molecule has 4 fully saturated rings. The Morgan fingerprint density at radius 1 is 1.05 bits per heavy atom. The highest BCUT2D eigenvalue weighted by Crippen LogP contribution is 2.61. The summed E-state index contributed by atoms with van der Waals surface area (Å²) < 4.78 is 24.7. The lowest BCUT2D eigenvalue weighted by atomic mass is 9.48. The minimum atomic E-state index is -2.99. The number of hydrogen-bond acceptors (Lipinski definition) is 3. The zero-order valence-electron chi connectivity index (χ0n) is 13.6. The first-order valence-electron chi connectivity index (χ1n) is 8.74. The van der Waals surface area contributed by atoms with E-state index in [0.29, 0.717) is 11.7 Å². The van der Waals surface area contributed by atoms with Crippen molar-refractivity contribution < 1.29 is 8.42 Å². The standard InChI is InChI=1S/C17H31NO2S/c1-12(2)3-4-21(19,20)11-16(18)17-8-13-5-14(9-17)7-15(6-13)10-17/h12-16H,3-11,18H2,1-2H3. The minimum Gasteiger partial charge on any atom is -0.326 e. The maximum Gasteiger partial charge on any atom is 0.151 e. The van der Waals surface area contributed by atoms with Gasteiger partial charge in [0.2, 0.25) is 0 Å². The topological polar surface area (TPSA) is 60.2 Å². The predicted octanol–water partition coefficient (Wildman–Crippen LogP) is 2.99. The molecule has 2 N–H and O–H groups in total. The van der Waals surface area contributed by atoms with Gasteiger partial charge in [0.1, 0.15) is 0 Å². The summed E-state index contributed by atoms with van der Waals surface area (Å²) in [5.41, 5.74) is 6.64. The predicted molar refractivity (Wildman–Crippen MR) is 86.7 cm³/mol. The van der Waals surface area contributed by atoms with Gasteiger partial charge in [0.25, 0.3) is 0 Å². The Labute approximate surface area is 130 Å². The smallest absolute Gasteiger partial charge is 0.151 e. The molecule has 122 valence electrons. The van der Waals surface area contributed by atoms with Gasteiger partial charge >= 0.3 is 0 Å². The van der Waals surface area contributed by atoms with E-state index in [1.807, 2.05) is 0 Å². The second-order valence-corrected chi connectivity index (χ2v) is 10.9. The van der Waals surface area contributed by atoms with E-state index in [4.69, 9.17) is 5.73 Å². The fourth-order valence-electron chi connectivity index (χ4n) is 5.58. The van der Waals surface area contributed by atoms with Crippen LogP contribution >= 0.6 is 0 Å². The molecule has 3 nitrogen and oxygen atoms in total. The molecular formula is C17H31NO2S. The van der Waals surface area contributed by atoms with E-state index in [1.165, 1.54) is 38.5 Å². The number of hydrogen-bond donors (Lipinski definition) is 1. The van der Waals surface area contributed by atoms with Gasteiger partial charge in [-0.05, 0) is 74.0 Å². The molecule has 4 bridgehead atoms. The van der Waals surface area contributed by atoms with Crippen LogP contribution in [0.4, 0.5) is 0 Å². The molecule has 4 saturated carbocycles. The normalized spacial score (nSPS) is 39.9. The molecule has 1 unspecified atom stereocenters. The molecule has 1 atom stereocenters. The van der Waals surface area contributed by atoms with Crippen molar-refractivity contribution in [1.29, 1.82) is 0 Å². The van der Waals surface area contributed by atoms with Crippen molar-refractivity contribution in [2.45, 2.75) is 64.8 Å². The zero-order chi connectivity index (χ0) is 15.3. The fourth-order valence-corrected chi connectivity index (χ4v) is 7.48. The number of rotatable bonds is 6. The third kappa shape index (κ3) is 3.31. The van der Waals surface area contributed by atoms with Gasteiger partial charge in [-0.15, -0.1) is 0 Å². The van der Waals surface area contributed by atoms with E-state index >= 15 is 0 Å². The lowest BCUT2D eigenvalue weighted by Gasteiger charge is -2.58. The highest BCUT2D eigenvalue weighted by molar-refractivity contribution is 7.91. The SMILES string of the molecule is CC(C)CCS(=O)(=O)CC(N)C12CC3CC(CC(C3)C1)C2.